The minimum absolute atomic E-state index is 0.0127. The Balaban J connectivity index is 0.000000345. The minimum atomic E-state index is -2.74. The third-order valence-electron chi connectivity index (χ3n) is 6.90. The van der Waals surface area contributed by atoms with Crippen molar-refractivity contribution in [3.8, 4) is 11.9 Å². The smallest absolute Gasteiger partial charge is 0.336 e. The van der Waals surface area contributed by atoms with E-state index in [0.717, 1.165) is 0 Å². The highest BCUT2D eigenvalue weighted by Gasteiger charge is 2.41. The van der Waals surface area contributed by atoms with Crippen LogP contribution in [-0.4, -0.2) is 90.2 Å². The normalized spacial score (nSPS) is 14.7. The van der Waals surface area contributed by atoms with Crippen LogP contribution in [0.2, 0.25) is 0 Å². The number of aliphatic hydroxyl groups is 2. The van der Waals surface area contributed by atoms with Gasteiger partial charge in [-0.25, -0.2) is 9.78 Å². The molecule has 15 heteroatoms. The fourth-order valence-corrected chi connectivity index (χ4v) is 4.65. The maximum atomic E-state index is 12.8. The van der Waals surface area contributed by atoms with Crippen molar-refractivity contribution in [1.29, 1.82) is 0 Å². The number of likely N-dealkylation sites (tertiary alicyclic amines) is 1. The summed E-state index contributed by atoms with van der Waals surface area (Å²) in [4.78, 5) is 53.9. The lowest BCUT2D eigenvalue weighted by Crippen LogP contribution is -2.43. The van der Waals surface area contributed by atoms with Crippen LogP contribution in [0.5, 0.6) is 11.9 Å². The van der Waals surface area contributed by atoms with Crippen LogP contribution < -0.4 is 14.9 Å². The van der Waals surface area contributed by atoms with E-state index in [1.54, 1.807) is 24.6 Å². The number of carboxylic acid groups (broad SMARTS) is 3. The van der Waals surface area contributed by atoms with Gasteiger partial charge in [0.1, 0.15) is 5.58 Å². The molecule has 1 saturated heterocycles. The summed E-state index contributed by atoms with van der Waals surface area (Å²) in [6.07, 6.45) is 1.80. The molecule has 1 aliphatic heterocycles. The molecule has 0 radical (unpaired) electrons. The van der Waals surface area contributed by atoms with Crippen LogP contribution in [-0.2, 0) is 26.5 Å². The molecule has 1 aliphatic rings. The summed E-state index contributed by atoms with van der Waals surface area (Å²) >= 11 is 0. The molecule has 0 unspecified atom stereocenters. The van der Waals surface area contributed by atoms with Crippen molar-refractivity contribution >= 4 is 28.9 Å². The van der Waals surface area contributed by atoms with Gasteiger partial charge in [0.15, 0.2) is 11.0 Å². The molecule has 0 bridgehead atoms. The number of fused-ring (bicyclic) bond motifs is 1. The molecule has 4 rings (SSSR count). The van der Waals surface area contributed by atoms with Crippen molar-refractivity contribution in [3.63, 3.8) is 0 Å². The van der Waals surface area contributed by atoms with Crippen molar-refractivity contribution in [2.75, 3.05) is 26.3 Å². The van der Waals surface area contributed by atoms with Gasteiger partial charge in [-0.3, -0.25) is 19.3 Å². The highest BCUT2D eigenvalue weighted by molar-refractivity contribution is 5.88. The van der Waals surface area contributed by atoms with Gasteiger partial charge in [-0.1, -0.05) is 12.1 Å². The maximum absolute atomic E-state index is 12.8. The lowest BCUT2D eigenvalue weighted by Gasteiger charge is -2.38. The number of aliphatic carboxylic acids is 3. The Morgan fingerprint density at radius 3 is 2.20 bits per heavy atom. The molecule has 3 aromatic rings. The Labute approximate surface area is 251 Å². The zero-order valence-corrected chi connectivity index (χ0v) is 24.3. The third kappa shape index (κ3) is 8.49. The zero-order chi connectivity index (χ0) is 32.5. The van der Waals surface area contributed by atoms with Crippen LogP contribution in [0.3, 0.4) is 0 Å². The number of hydrogen-bond donors (Lipinski definition) is 5. The van der Waals surface area contributed by atoms with Crippen molar-refractivity contribution < 1.29 is 53.8 Å². The number of aromatic nitrogens is 2. The first-order valence-corrected chi connectivity index (χ1v) is 13.8. The number of carboxylic acids is 3. The highest BCUT2D eigenvalue weighted by atomic mass is 16.5. The monoisotopic (exact) mass is 617 g/mol. The maximum Gasteiger partial charge on any atom is 0.336 e. The van der Waals surface area contributed by atoms with E-state index >= 15 is 0 Å². The van der Waals surface area contributed by atoms with Crippen LogP contribution in [0.15, 0.2) is 45.9 Å². The fraction of sp³-hybridized carbons (Fsp3) is 0.448. The molecule has 0 amide bonds. The number of nitrogens with zero attached hydrogens (tertiary/aromatic N) is 3. The second-order valence-corrected chi connectivity index (χ2v) is 10.1. The second kappa shape index (κ2) is 14.7. The molecular weight excluding hydrogens is 582 g/mol. The molecule has 1 fully saturated rings. The lowest BCUT2D eigenvalue weighted by atomic mass is 9.85. The number of benzene rings is 1. The average Bonchev–Trinajstić information content (AvgIpc) is 2.96. The van der Waals surface area contributed by atoms with Crippen molar-refractivity contribution in [2.45, 2.75) is 57.3 Å². The van der Waals surface area contributed by atoms with E-state index in [0.29, 0.717) is 73.7 Å². The van der Waals surface area contributed by atoms with E-state index < -0.39 is 42.0 Å². The van der Waals surface area contributed by atoms with Crippen molar-refractivity contribution in [2.24, 2.45) is 0 Å². The highest BCUT2D eigenvalue weighted by Crippen LogP contribution is 2.38. The van der Waals surface area contributed by atoms with Gasteiger partial charge in [0.05, 0.1) is 48.9 Å². The predicted octanol–water partition coefficient (Wildman–Crippen LogP) is 1.62. The average molecular weight is 618 g/mol. The Morgan fingerprint density at radius 1 is 1.02 bits per heavy atom. The molecule has 0 saturated carbocycles. The Kier molecular flexibility index (Phi) is 11.3. The summed E-state index contributed by atoms with van der Waals surface area (Å²) in [5.41, 5.74) is -2.08. The van der Waals surface area contributed by atoms with Gasteiger partial charge in [-0.2, -0.15) is 4.98 Å². The Hall–Kier alpha value is -4.60. The lowest BCUT2D eigenvalue weighted by molar-refractivity contribution is -0.170. The number of hydrogen-bond acceptors (Lipinski definition) is 12. The van der Waals surface area contributed by atoms with Gasteiger partial charge in [0, 0.05) is 31.4 Å². The van der Waals surface area contributed by atoms with E-state index in [1.807, 2.05) is 26.0 Å². The fourth-order valence-electron chi connectivity index (χ4n) is 4.65. The first-order chi connectivity index (χ1) is 20.8. The third-order valence-corrected chi connectivity index (χ3v) is 6.90. The van der Waals surface area contributed by atoms with E-state index in [4.69, 9.17) is 34.3 Å². The van der Waals surface area contributed by atoms with Crippen molar-refractivity contribution in [3.05, 3.63) is 58.1 Å². The summed E-state index contributed by atoms with van der Waals surface area (Å²) in [6, 6.07) is 7.48. The summed E-state index contributed by atoms with van der Waals surface area (Å²) < 4.78 is 16.7. The predicted molar refractivity (Wildman–Crippen MR) is 152 cm³/mol. The Morgan fingerprint density at radius 2 is 1.64 bits per heavy atom. The molecule has 0 aliphatic carbocycles. The summed E-state index contributed by atoms with van der Waals surface area (Å²) in [6.45, 7) is 6.30. The molecule has 3 heterocycles. The standard InChI is InChI=1S/C23H27N3O5.C6H8O7/c1-3-29-21-18(13-24-22(25-21)30-4-2)23(28)9-11-26(12-10-23)14-16-15-31-19-8-6-5-7-17(19)20(16)27;7-3(8)1-6(13,5(11)12)2-4(9)10/h5-8,13,15,28H,3-4,9-12,14H2,1-2H3;13H,1-2H2,(H,7,8)(H,9,10)(H,11,12). The summed E-state index contributed by atoms with van der Waals surface area (Å²) in [5.74, 6) is -4.67. The largest absolute Gasteiger partial charge is 0.481 e. The van der Waals surface area contributed by atoms with Crippen molar-refractivity contribution in [1.82, 2.24) is 14.9 Å². The van der Waals surface area contributed by atoms with Gasteiger partial charge in [-0.15, -0.1) is 0 Å². The number of carbonyl (C=O) groups is 3. The number of rotatable bonds is 12. The minimum Gasteiger partial charge on any atom is -0.481 e. The van der Waals surface area contributed by atoms with Gasteiger partial charge >= 0.3 is 23.9 Å². The zero-order valence-electron chi connectivity index (χ0n) is 24.3. The van der Waals surface area contributed by atoms with Crippen LogP contribution in [0.4, 0.5) is 0 Å². The topological polar surface area (TPSA) is 230 Å². The first-order valence-electron chi connectivity index (χ1n) is 13.8. The van der Waals surface area contributed by atoms with E-state index in [-0.39, 0.29) is 11.4 Å². The molecule has 1 aromatic carbocycles. The molecule has 15 nitrogen and oxygen atoms in total. The molecule has 0 spiro atoms. The molecular formula is C29H35N3O12. The van der Waals surface area contributed by atoms with Crippen LogP contribution in [0, 0.1) is 0 Å². The van der Waals surface area contributed by atoms with Crippen LogP contribution in [0.25, 0.3) is 11.0 Å². The first kappa shape index (κ1) is 33.9. The quantitative estimate of drug-likeness (QED) is 0.194. The molecule has 5 N–H and O–H groups in total. The van der Waals surface area contributed by atoms with E-state index in [2.05, 4.69) is 14.9 Å². The van der Waals surface area contributed by atoms with Gasteiger partial charge < -0.3 is 39.4 Å². The van der Waals surface area contributed by atoms with Gasteiger partial charge in [0.2, 0.25) is 5.88 Å². The van der Waals surface area contributed by atoms with Gasteiger partial charge in [0.25, 0.3) is 0 Å². The van der Waals surface area contributed by atoms with Gasteiger partial charge in [-0.05, 0) is 38.8 Å². The molecule has 0 atom stereocenters. The molecule has 2 aromatic heterocycles. The summed E-state index contributed by atoms with van der Waals surface area (Å²) in [5, 5.41) is 45.7. The number of ether oxygens (including phenoxy) is 2. The van der Waals surface area contributed by atoms with E-state index in [9.17, 15) is 24.3 Å². The van der Waals surface area contributed by atoms with E-state index in [1.165, 1.54) is 0 Å². The second-order valence-electron chi connectivity index (χ2n) is 10.1. The number of piperidine rings is 1. The van der Waals surface area contributed by atoms with Crippen LogP contribution >= 0.6 is 0 Å². The SMILES string of the molecule is CCOc1ncc(C2(O)CCN(Cc3coc4ccccc4c3=O)CC2)c(OCC)n1.O=C(O)CC(O)(CC(=O)O)C(=O)O. The Bertz CT molecular complexity index is 1520. The molecule has 44 heavy (non-hydrogen) atoms. The van der Waals surface area contributed by atoms with Crippen LogP contribution in [0.1, 0.15) is 50.7 Å². The molecule has 238 valence electrons. The summed E-state index contributed by atoms with van der Waals surface area (Å²) in [7, 11) is 0. The number of para-hydroxylation sites is 1.